The third-order valence-corrected chi connectivity index (χ3v) is 5.02. The van der Waals surface area contributed by atoms with Crippen LogP contribution in [-0.2, 0) is 19.1 Å². The van der Waals surface area contributed by atoms with E-state index in [0.717, 1.165) is 7.05 Å². The number of carbonyl (C=O) groups excluding carboxylic acids is 5. The molecule has 172 valence electrons. The average molecular weight is 430 g/mol. The van der Waals surface area contributed by atoms with E-state index in [1.807, 2.05) is 6.92 Å². The maximum Gasteiger partial charge on any atom is 0.331 e. The maximum atomic E-state index is 13.0. The van der Waals surface area contributed by atoms with Gasteiger partial charge < -0.3 is 20.3 Å². The summed E-state index contributed by atoms with van der Waals surface area (Å²) in [5, 5.41) is 2.07. The van der Waals surface area contributed by atoms with Gasteiger partial charge in [-0.3, -0.25) is 19.7 Å². The first kappa shape index (κ1) is 27.3. The molecule has 3 N–H and O–H groups in total. The van der Waals surface area contributed by atoms with Gasteiger partial charge in [-0.2, -0.15) is 0 Å². The summed E-state index contributed by atoms with van der Waals surface area (Å²) in [5.74, 6) is -1.48. The molecule has 7 amide bonds. The van der Waals surface area contributed by atoms with E-state index >= 15 is 0 Å². The molecule has 11 nitrogen and oxygen atoms in total. The number of amides is 7. The minimum Gasteiger partial charge on any atom is -0.379 e. The minimum absolute atomic E-state index is 0.0600. The topological polar surface area (TPSA) is 142 Å². The van der Waals surface area contributed by atoms with E-state index < -0.39 is 41.6 Å². The number of hydrogen-bond donors (Lipinski definition) is 2. The molecule has 11 heteroatoms. The molecule has 0 unspecified atom stereocenters. The van der Waals surface area contributed by atoms with Crippen molar-refractivity contribution in [3.8, 4) is 0 Å². The lowest BCUT2D eigenvalue weighted by Crippen LogP contribution is -2.57. The Kier molecular flexibility index (Phi) is 10.5. The lowest BCUT2D eigenvalue weighted by molar-refractivity contribution is -0.148. The van der Waals surface area contributed by atoms with Gasteiger partial charge in [0.25, 0.3) is 5.91 Å². The highest BCUT2D eigenvalue weighted by Gasteiger charge is 2.37. The molecule has 0 aromatic heterocycles. The van der Waals surface area contributed by atoms with Crippen LogP contribution in [0.5, 0.6) is 0 Å². The van der Waals surface area contributed by atoms with Crippen molar-refractivity contribution >= 4 is 29.8 Å². The summed E-state index contributed by atoms with van der Waals surface area (Å²) in [6.07, 6.45) is 0.999. The number of urea groups is 2. The van der Waals surface area contributed by atoms with Gasteiger partial charge >= 0.3 is 12.1 Å². The molecule has 0 saturated heterocycles. The molecule has 0 rings (SSSR count). The number of primary amides is 1. The van der Waals surface area contributed by atoms with Crippen LogP contribution in [0.1, 0.15) is 47.0 Å². The molecule has 0 spiro atoms. The highest BCUT2D eigenvalue weighted by atomic mass is 16.5. The van der Waals surface area contributed by atoms with E-state index in [1.54, 1.807) is 20.8 Å². The number of hydrogen-bond acceptors (Lipinski definition) is 6. The Hall–Kier alpha value is -2.69. The second-order valence-electron chi connectivity index (χ2n) is 7.76. The lowest BCUT2D eigenvalue weighted by Gasteiger charge is -2.36. The number of nitrogens with zero attached hydrogens (tertiary/aromatic N) is 3. The Bertz CT molecular complexity index is 666. The first-order chi connectivity index (χ1) is 13.7. The fourth-order valence-corrected chi connectivity index (χ4v) is 2.55. The van der Waals surface area contributed by atoms with Gasteiger partial charge in [-0.25, -0.2) is 14.5 Å². The van der Waals surface area contributed by atoms with Crippen LogP contribution in [-0.4, -0.2) is 90.4 Å². The zero-order valence-electron chi connectivity index (χ0n) is 19.1. The van der Waals surface area contributed by atoms with Crippen LogP contribution in [0.15, 0.2) is 0 Å². The van der Waals surface area contributed by atoms with Gasteiger partial charge in [0.2, 0.25) is 11.8 Å². The van der Waals surface area contributed by atoms with Gasteiger partial charge in [-0.1, -0.05) is 6.92 Å². The summed E-state index contributed by atoms with van der Waals surface area (Å²) in [6.45, 7) is 6.87. The molecular formula is C19H35N5O6. The minimum atomic E-state index is -1.10. The van der Waals surface area contributed by atoms with Crippen LogP contribution in [0.3, 0.4) is 0 Å². The molecule has 0 fully saturated rings. The van der Waals surface area contributed by atoms with Crippen LogP contribution in [0.25, 0.3) is 0 Å². The first-order valence-corrected chi connectivity index (χ1v) is 9.65. The molecular weight excluding hydrogens is 394 g/mol. The van der Waals surface area contributed by atoms with Crippen LogP contribution < -0.4 is 11.1 Å². The molecule has 30 heavy (non-hydrogen) atoms. The summed E-state index contributed by atoms with van der Waals surface area (Å²) in [5.41, 5.74) is 4.24. The van der Waals surface area contributed by atoms with E-state index in [0.29, 0.717) is 17.7 Å². The van der Waals surface area contributed by atoms with Crippen molar-refractivity contribution in [3.63, 3.8) is 0 Å². The molecule has 0 aliphatic rings. The third-order valence-electron chi connectivity index (χ3n) is 5.02. The monoisotopic (exact) mass is 429 g/mol. The maximum absolute atomic E-state index is 13.0. The first-order valence-electron chi connectivity index (χ1n) is 9.65. The Morgan fingerprint density at radius 1 is 1.07 bits per heavy atom. The Morgan fingerprint density at radius 2 is 1.60 bits per heavy atom. The van der Waals surface area contributed by atoms with Gasteiger partial charge in [-0.05, 0) is 27.2 Å². The molecule has 0 bridgehead atoms. The lowest BCUT2D eigenvalue weighted by atomic mass is 9.96. The van der Waals surface area contributed by atoms with Crippen molar-refractivity contribution in [3.05, 3.63) is 0 Å². The number of nitrogens with two attached hydrogens (primary N) is 1. The zero-order chi connectivity index (χ0) is 23.8. The van der Waals surface area contributed by atoms with Crippen LogP contribution in [0.4, 0.5) is 9.59 Å². The number of rotatable bonds is 9. The summed E-state index contributed by atoms with van der Waals surface area (Å²) < 4.78 is 5.37. The third kappa shape index (κ3) is 7.62. The molecule has 0 aromatic rings. The fraction of sp³-hybridized carbons (Fsp3) is 0.737. The van der Waals surface area contributed by atoms with E-state index in [2.05, 4.69) is 5.32 Å². The number of methoxy groups -OCH3 is 1. The van der Waals surface area contributed by atoms with Crippen LogP contribution in [0, 0.1) is 0 Å². The van der Waals surface area contributed by atoms with Gasteiger partial charge in [0.15, 0.2) is 0 Å². The number of carbonyl (C=O) groups is 5. The Labute approximate surface area is 177 Å². The highest BCUT2D eigenvalue weighted by Crippen LogP contribution is 2.20. The normalized spacial score (nSPS) is 13.1. The van der Waals surface area contributed by atoms with E-state index in [-0.39, 0.29) is 12.3 Å². The predicted octanol–water partition coefficient (Wildman–Crippen LogP) is 0.522. The molecule has 0 aliphatic carbocycles. The van der Waals surface area contributed by atoms with Crippen molar-refractivity contribution in [2.75, 3.05) is 28.3 Å². The van der Waals surface area contributed by atoms with Crippen LogP contribution >= 0.6 is 0 Å². The quantitative estimate of drug-likeness (QED) is 0.547. The van der Waals surface area contributed by atoms with Gasteiger partial charge in [-0.15, -0.1) is 0 Å². The number of imide groups is 2. The van der Waals surface area contributed by atoms with E-state index in [9.17, 15) is 24.0 Å². The van der Waals surface area contributed by atoms with Crippen molar-refractivity contribution in [2.24, 2.45) is 5.73 Å². The van der Waals surface area contributed by atoms with Crippen molar-refractivity contribution in [1.82, 2.24) is 20.0 Å². The van der Waals surface area contributed by atoms with Gasteiger partial charge in [0, 0.05) is 41.1 Å². The Morgan fingerprint density at radius 3 is 2.03 bits per heavy atom. The van der Waals surface area contributed by atoms with Crippen molar-refractivity contribution < 1.29 is 28.7 Å². The van der Waals surface area contributed by atoms with Gasteiger partial charge in [0.1, 0.15) is 12.1 Å². The highest BCUT2D eigenvalue weighted by molar-refractivity contribution is 6.03. The summed E-state index contributed by atoms with van der Waals surface area (Å²) in [7, 11) is 5.51. The standard InChI is InChI=1S/C19H35N5O6/c1-9-10-14(25)22(5)12(2)16(27)23(6)13(11-19(3,4)30-8)15(26)21-18(29)24(7)17(20)28/h12-13H,9-11H2,1-8H3,(H2,20,28)(H,21,26,29)/t12-,13+/m1/s1. The van der Waals surface area contributed by atoms with Crippen molar-refractivity contribution in [2.45, 2.75) is 64.6 Å². The van der Waals surface area contributed by atoms with Gasteiger partial charge in [0.05, 0.1) is 5.60 Å². The molecule has 0 radical (unpaired) electrons. The molecule has 0 aliphatic heterocycles. The van der Waals surface area contributed by atoms with Crippen LogP contribution in [0.2, 0.25) is 0 Å². The smallest absolute Gasteiger partial charge is 0.331 e. The van der Waals surface area contributed by atoms with Crippen molar-refractivity contribution in [1.29, 1.82) is 0 Å². The summed E-state index contributed by atoms with van der Waals surface area (Å²) in [4.78, 5) is 64.1. The summed E-state index contributed by atoms with van der Waals surface area (Å²) in [6, 6.07) is -3.98. The number of ether oxygens (including phenoxy) is 1. The average Bonchev–Trinajstić information content (AvgIpc) is 2.68. The second-order valence-corrected chi connectivity index (χ2v) is 7.76. The van der Waals surface area contributed by atoms with E-state index in [4.69, 9.17) is 10.5 Å². The number of likely N-dealkylation sites (N-methyl/N-ethyl adjacent to an activating group) is 2. The molecule has 2 atom stereocenters. The predicted molar refractivity (Wildman–Crippen MR) is 110 cm³/mol. The zero-order valence-corrected chi connectivity index (χ0v) is 19.1. The largest absolute Gasteiger partial charge is 0.379 e. The fourth-order valence-electron chi connectivity index (χ4n) is 2.55. The molecule has 0 aromatic carbocycles. The molecule has 0 saturated carbocycles. The Balaban J connectivity index is 5.66. The second kappa shape index (κ2) is 11.5. The number of nitrogens with one attached hydrogen (secondary N) is 1. The SMILES string of the molecule is CCCC(=O)N(C)[C@H](C)C(=O)N(C)[C@@H](CC(C)(C)OC)C(=O)NC(=O)N(C)C(N)=O. The van der Waals surface area contributed by atoms with E-state index in [1.165, 1.54) is 31.0 Å². The molecule has 0 heterocycles. The summed E-state index contributed by atoms with van der Waals surface area (Å²) >= 11 is 0.